The molecule has 1 aliphatic carbocycles. The number of rotatable bonds is 5. The van der Waals surface area contributed by atoms with Crippen molar-refractivity contribution in [3.63, 3.8) is 0 Å². The number of benzene rings is 2. The molecule has 2 heteroatoms. The standard InChI is InChI=1S/C17H19NO/c18-17(12-13-6-7-13)14-8-10-16(11-9-14)19-15-4-2-1-3-5-15/h1-5,8-11,13,17H,6-7,12,18H2. The van der Waals surface area contributed by atoms with Crippen LogP contribution in [-0.2, 0) is 0 Å². The van der Waals surface area contributed by atoms with Gasteiger partial charge in [-0.15, -0.1) is 0 Å². The zero-order valence-electron chi connectivity index (χ0n) is 11.0. The van der Waals surface area contributed by atoms with Gasteiger partial charge in [-0.3, -0.25) is 0 Å². The van der Waals surface area contributed by atoms with E-state index < -0.39 is 0 Å². The molecule has 98 valence electrons. The second kappa shape index (κ2) is 5.45. The third kappa shape index (κ3) is 3.36. The lowest BCUT2D eigenvalue weighted by Gasteiger charge is -2.12. The first kappa shape index (κ1) is 12.2. The van der Waals surface area contributed by atoms with E-state index >= 15 is 0 Å². The van der Waals surface area contributed by atoms with E-state index in [9.17, 15) is 0 Å². The fourth-order valence-corrected chi connectivity index (χ4v) is 2.26. The van der Waals surface area contributed by atoms with Crippen LogP contribution >= 0.6 is 0 Å². The van der Waals surface area contributed by atoms with Crippen molar-refractivity contribution in [3.8, 4) is 11.5 Å². The van der Waals surface area contributed by atoms with Crippen LogP contribution in [-0.4, -0.2) is 0 Å². The highest BCUT2D eigenvalue weighted by atomic mass is 16.5. The molecule has 1 atom stereocenters. The summed E-state index contributed by atoms with van der Waals surface area (Å²) in [6.45, 7) is 0. The van der Waals surface area contributed by atoms with Crippen LogP contribution in [0.2, 0.25) is 0 Å². The lowest BCUT2D eigenvalue weighted by Crippen LogP contribution is -2.10. The molecule has 2 nitrogen and oxygen atoms in total. The summed E-state index contributed by atoms with van der Waals surface area (Å²) in [5, 5.41) is 0. The molecular weight excluding hydrogens is 234 g/mol. The molecule has 1 aliphatic rings. The van der Waals surface area contributed by atoms with Crippen LogP contribution < -0.4 is 10.5 Å². The maximum Gasteiger partial charge on any atom is 0.127 e. The van der Waals surface area contributed by atoms with E-state index in [1.54, 1.807) is 0 Å². The fourth-order valence-electron chi connectivity index (χ4n) is 2.26. The number of hydrogen-bond donors (Lipinski definition) is 1. The summed E-state index contributed by atoms with van der Waals surface area (Å²) >= 11 is 0. The predicted molar refractivity (Wildman–Crippen MR) is 77.2 cm³/mol. The summed E-state index contributed by atoms with van der Waals surface area (Å²) < 4.78 is 5.77. The van der Waals surface area contributed by atoms with Gasteiger partial charge in [0.25, 0.3) is 0 Å². The first-order valence-corrected chi connectivity index (χ1v) is 6.90. The molecule has 2 aromatic rings. The molecule has 0 bridgehead atoms. The quantitative estimate of drug-likeness (QED) is 0.863. The molecule has 0 saturated heterocycles. The Balaban J connectivity index is 1.64. The van der Waals surface area contributed by atoms with Crippen LogP contribution in [0.4, 0.5) is 0 Å². The van der Waals surface area contributed by atoms with Crippen LogP contribution in [0.5, 0.6) is 11.5 Å². The SMILES string of the molecule is NC(CC1CC1)c1ccc(Oc2ccccc2)cc1. The van der Waals surface area contributed by atoms with Gasteiger partial charge in [0.15, 0.2) is 0 Å². The first-order valence-electron chi connectivity index (χ1n) is 6.90. The summed E-state index contributed by atoms with van der Waals surface area (Å²) in [6.07, 6.45) is 3.81. The minimum atomic E-state index is 0.165. The Morgan fingerprint density at radius 3 is 2.21 bits per heavy atom. The Kier molecular flexibility index (Phi) is 3.51. The van der Waals surface area contributed by atoms with Gasteiger partial charge in [0.2, 0.25) is 0 Å². The monoisotopic (exact) mass is 253 g/mol. The van der Waals surface area contributed by atoms with E-state index in [0.717, 1.165) is 23.8 Å². The van der Waals surface area contributed by atoms with Crippen LogP contribution in [0.1, 0.15) is 30.9 Å². The smallest absolute Gasteiger partial charge is 0.127 e. The van der Waals surface area contributed by atoms with Crippen LogP contribution in [0.25, 0.3) is 0 Å². The number of para-hydroxylation sites is 1. The minimum Gasteiger partial charge on any atom is -0.457 e. The summed E-state index contributed by atoms with van der Waals surface area (Å²) in [7, 11) is 0. The van der Waals surface area contributed by atoms with Crippen molar-refractivity contribution in [2.45, 2.75) is 25.3 Å². The Labute approximate surface area is 114 Å². The van der Waals surface area contributed by atoms with E-state index in [1.807, 2.05) is 42.5 Å². The van der Waals surface area contributed by atoms with Gasteiger partial charge in [-0.05, 0) is 42.2 Å². The maximum atomic E-state index is 6.20. The predicted octanol–water partition coefficient (Wildman–Crippen LogP) is 4.28. The van der Waals surface area contributed by atoms with E-state index in [0.29, 0.717) is 0 Å². The molecule has 19 heavy (non-hydrogen) atoms. The summed E-state index contributed by atoms with van der Waals surface area (Å²) in [6, 6.07) is 18.1. The van der Waals surface area contributed by atoms with Gasteiger partial charge in [-0.25, -0.2) is 0 Å². The maximum absolute atomic E-state index is 6.20. The summed E-state index contributed by atoms with van der Waals surface area (Å²) in [5.41, 5.74) is 7.40. The zero-order chi connectivity index (χ0) is 13.1. The highest BCUT2D eigenvalue weighted by molar-refractivity contribution is 5.33. The lowest BCUT2D eigenvalue weighted by atomic mass is 10.0. The molecule has 2 N–H and O–H groups in total. The van der Waals surface area contributed by atoms with Crippen molar-refractivity contribution >= 4 is 0 Å². The molecule has 1 fully saturated rings. The molecular formula is C17H19NO. The van der Waals surface area contributed by atoms with E-state index in [2.05, 4.69) is 12.1 Å². The van der Waals surface area contributed by atoms with Crippen molar-refractivity contribution in [2.24, 2.45) is 11.7 Å². The Morgan fingerprint density at radius 1 is 0.947 bits per heavy atom. The molecule has 0 radical (unpaired) electrons. The Hall–Kier alpha value is -1.80. The van der Waals surface area contributed by atoms with Crippen LogP contribution in [0.3, 0.4) is 0 Å². The van der Waals surface area contributed by atoms with Crippen molar-refractivity contribution < 1.29 is 4.74 Å². The molecule has 0 amide bonds. The molecule has 0 aromatic heterocycles. The highest BCUT2D eigenvalue weighted by Gasteiger charge is 2.24. The molecule has 1 saturated carbocycles. The summed E-state index contributed by atoms with van der Waals surface area (Å²) in [4.78, 5) is 0. The van der Waals surface area contributed by atoms with E-state index in [-0.39, 0.29) is 6.04 Å². The third-order valence-electron chi connectivity index (χ3n) is 3.57. The normalized spacial score (nSPS) is 16.1. The van der Waals surface area contributed by atoms with Gasteiger partial charge in [-0.1, -0.05) is 43.2 Å². The average molecular weight is 253 g/mol. The zero-order valence-corrected chi connectivity index (χ0v) is 11.0. The number of nitrogens with two attached hydrogens (primary N) is 1. The molecule has 0 aliphatic heterocycles. The van der Waals surface area contributed by atoms with Crippen LogP contribution in [0.15, 0.2) is 54.6 Å². The van der Waals surface area contributed by atoms with Gasteiger partial charge in [-0.2, -0.15) is 0 Å². The Morgan fingerprint density at radius 2 is 1.58 bits per heavy atom. The van der Waals surface area contributed by atoms with Crippen LogP contribution in [0, 0.1) is 5.92 Å². The van der Waals surface area contributed by atoms with Gasteiger partial charge in [0.05, 0.1) is 0 Å². The van der Waals surface area contributed by atoms with Gasteiger partial charge in [0.1, 0.15) is 11.5 Å². The largest absolute Gasteiger partial charge is 0.457 e. The van der Waals surface area contributed by atoms with Gasteiger partial charge >= 0.3 is 0 Å². The molecule has 3 rings (SSSR count). The lowest BCUT2D eigenvalue weighted by molar-refractivity contribution is 0.482. The van der Waals surface area contributed by atoms with Crippen molar-refractivity contribution in [1.82, 2.24) is 0 Å². The van der Waals surface area contributed by atoms with Crippen molar-refractivity contribution in [2.75, 3.05) is 0 Å². The first-order chi connectivity index (χ1) is 9.31. The van der Waals surface area contributed by atoms with Crippen molar-refractivity contribution in [1.29, 1.82) is 0 Å². The van der Waals surface area contributed by atoms with Gasteiger partial charge in [0, 0.05) is 6.04 Å². The molecule has 2 aromatic carbocycles. The number of hydrogen-bond acceptors (Lipinski definition) is 2. The number of ether oxygens (including phenoxy) is 1. The Bertz CT molecular complexity index is 517. The highest BCUT2D eigenvalue weighted by Crippen LogP contribution is 2.37. The van der Waals surface area contributed by atoms with Crippen molar-refractivity contribution in [3.05, 3.63) is 60.2 Å². The molecule has 0 spiro atoms. The summed E-state index contributed by atoms with van der Waals surface area (Å²) in [5.74, 6) is 2.57. The van der Waals surface area contributed by atoms with E-state index in [1.165, 1.54) is 18.4 Å². The minimum absolute atomic E-state index is 0.165. The third-order valence-corrected chi connectivity index (χ3v) is 3.57. The molecule has 0 heterocycles. The second-order valence-electron chi connectivity index (χ2n) is 5.27. The average Bonchev–Trinajstić information content (AvgIpc) is 3.25. The topological polar surface area (TPSA) is 35.2 Å². The fraction of sp³-hybridized carbons (Fsp3) is 0.294. The van der Waals surface area contributed by atoms with Gasteiger partial charge < -0.3 is 10.5 Å². The molecule has 1 unspecified atom stereocenters. The second-order valence-corrected chi connectivity index (χ2v) is 5.27. The van der Waals surface area contributed by atoms with E-state index in [4.69, 9.17) is 10.5 Å².